The van der Waals surface area contributed by atoms with Crippen molar-refractivity contribution in [2.24, 2.45) is 5.41 Å². The van der Waals surface area contributed by atoms with Gasteiger partial charge in [-0.05, 0) is 5.56 Å². The fourth-order valence-corrected chi connectivity index (χ4v) is 1.46. The minimum absolute atomic E-state index is 0.0853. The van der Waals surface area contributed by atoms with Gasteiger partial charge in [0.1, 0.15) is 5.38 Å². The van der Waals surface area contributed by atoms with Gasteiger partial charge >= 0.3 is 0 Å². The van der Waals surface area contributed by atoms with E-state index < -0.39 is 10.8 Å². The van der Waals surface area contributed by atoms with E-state index in [1.54, 1.807) is 24.3 Å². The Hall–Kier alpha value is -1.33. The summed E-state index contributed by atoms with van der Waals surface area (Å²) in [6.45, 7) is 5.63. The normalized spacial score (nSPS) is 12.9. The largest absolute Gasteiger partial charge is 0.294 e. The highest BCUT2D eigenvalue weighted by atomic mass is 35.5. The highest BCUT2D eigenvalue weighted by Gasteiger charge is 2.22. The van der Waals surface area contributed by atoms with E-state index in [1.807, 2.05) is 26.8 Å². The summed E-state index contributed by atoms with van der Waals surface area (Å²) in [4.78, 5) is 11.9. The summed E-state index contributed by atoms with van der Waals surface area (Å²) in [5, 5.41) is 7.99. The molecule has 0 radical (unpaired) electrons. The highest BCUT2D eigenvalue weighted by Crippen LogP contribution is 2.23. The van der Waals surface area contributed by atoms with Crippen LogP contribution in [0.4, 0.5) is 0 Å². The van der Waals surface area contributed by atoms with Crippen molar-refractivity contribution in [3.05, 3.63) is 35.4 Å². The molecule has 0 aliphatic rings. The van der Waals surface area contributed by atoms with Crippen molar-refractivity contribution >= 4 is 17.4 Å². The molecule has 3 heteroatoms. The lowest BCUT2D eigenvalue weighted by molar-refractivity contribution is 0.0858. The first-order valence-corrected chi connectivity index (χ1v) is 5.48. The third-order valence-corrected chi connectivity index (χ3v) is 2.61. The van der Waals surface area contributed by atoms with Crippen LogP contribution in [-0.4, -0.2) is 5.78 Å². The fourth-order valence-electron chi connectivity index (χ4n) is 1.31. The first kappa shape index (κ1) is 12.7. The molecule has 0 saturated heterocycles. The van der Waals surface area contributed by atoms with E-state index in [9.17, 15) is 4.79 Å². The van der Waals surface area contributed by atoms with Crippen molar-refractivity contribution in [1.29, 1.82) is 5.26 Å². The van der Waals surface area contributed by atoms with Crippen LogP contribution in [0.25, 0.3) is 0 Å². The number of halogens is 1. The van der Waals surface area contributed by atoms with E-state index in [-0.39, 0.29) is 5.78 Å². The molecule has 0 aliphatic carbocycles. The van der Waals surface area contributed by atoms with E-state index in [0.29, 0.717) is 5.56 Å². The monoisotopic (exact) mass is 235 g/mol. The highest BCUT2D eigenvalue weighted by molar-refractivity contribution is 6.22. The van der Waals surface area contributed by atoms with Crippen LogP contribution in [0.15, 0.2) is 24.3 Å². The van der Waals surface area contributed by atoms with Gasteiger partial charge in [-0.2, -0.15) is 5.26 Å². The number of rotatable bonds is 2. The second kappa shape index (κ2) is 4.67. The molecule has 1 unspecified atom stereocenters. The number of nitrogens with zero attached hydrogens (tertiary/aromatic N) is 1. The molecule has 0 fully saturated rings. The Morgan fingerprint density at radius 1 is 1.31 bits per heavy atom. The van der Waals surface area contributed by atoms with Gasteiger partial charge in [0.2, 0.25) is 0 Å². The van der Waals surface area contributed by atoms with Gasteiger partial charge in [-0.3, -0.25) is 4.79 Å². The van der Waals surface area contributed by atoms with Crippen LogP contribution in [0.2, 0.25) is 0 Å². The summed E-state index contributed by atoms with van der Waals surface area (Å²) in [5.74, 6) is 0.0853. The van der Waals surface area contributed by atoms with Gasteiger partial charge in [0.25, 0.3) is 0 Å². The van der Waals surface area contributed by atoms with Crippen molar-refractivity contribution in [3.8, 4) is 6.07 Å². The molecule has 0 saturated carbocycles. The third-order valence-electron chi connectivity index (χ3n) is 2.26. The van der Waals surface area contributed by atoms with E-state index in [1.165, 1.54) is 0 Å². The summed E-state index contributed by atoms with van der Waals surface area (Å²) in [6, 6.07) is 8.82. The Bertz CT molecular complexity index is 423. The first-order chi connectivity index (χ1) is 7.36. The number of Topliss-reactive ketones (excluding diaryl/α,β-unsaturated/α-hetero) is 1. The van der Waals surface area contributed by atoms with Gasteiger partial charge in [-0.1, -0.05) is 45.0 Å². The molecule has 0 spiro atoms. The molecule has 0 N–H and O–H groups in total. The topological polar surface area (TPSA) is 40.9 Å². The standard InChI is InChI=1S/C13H14ClNO/c1-13(2,3)12(16)10-6-4-9(5-7-10)11(14)8-15/h4-7,11H,1-3H3. The van der Waals surface area contributed by atoms with Crippen LogP contribution >= 0.6 is 11.6 Å². The predicted molar refractivity (Wildman–Crippen MR) is 64.4 cm³/mol. The quantitative estimate of drug-likeness (QED) is 0.579. The van der Waals surface area contributed by atoms with Gasteiger partial charge in [-0.25, -0.2) is 0 Å². The second-order valence-corrected chi connectivity index (χ2v) is 5.13. The zero-order valence-corrected chi connectivity index (χ0v) is 10.4. The SMILES string of the molecule is CC(C)(C)C(=O)c1ccc(C(Cl)C#N)cc1. The van der Waals surface area contributed by atoms with E-state index in [0.717, 1.165) is 5.56 Å². The number of hydrogen-bond acceptors (Lipinski definition) is 2. The van der Waals surface area contributed by atoms with Gasteiger partial charge in [0, 0.05) is 11.0 Å². The average Bonchev–Trinajstić information content (AvgIpc) is 2.26. The summed E-state index contributed by atoms with van der Waals surface area (Å²) in [5.41, 5.74) is 0.976. The van der Waals surface area contributed by atoms with Crippen molar-refractivity contribution in [2.75, 3.05) is 0 Å². The van der Waals surface area contributed by atoms with Gasteiger partial charge in [0.15, 0.2) is 5.78 Å². The number of hydrogen-bond donors (Lipinski definition) is 0. The van der Waals surface area contributed by atoms with Crippen LogP contribution in [0.3, 0.4) is 0 Å². The minimum atomic E-state index is -0.654. The maximum Gasteiger partial charge on any atom is 0.168 e. The van der Waals surface area contributed by atoms with Crippen molar-refractivity contribution in [2.45, 2.75) is 26.1 Å². The molecule has 1 atom stereocenters. The molecule has 1 rings (SSSR count). The lowest BCUT2D eigenvalue weighted by Gasteiger charge is -2.16. The first-order valence-electron chi connectivity index (χ1n) is 5.04. The average molecular weight is 236 g/mol. The fraction of sp³-hybridized carbons (Fsp3) is 0.385. The molecule has 2 nitrogen and oxygen atoms in total. The summed E-state index contributed by atoms with van der Waals surface area (Å²) in [6.07, 6.45) is 0. The molecule has 1 aromatic carbocycles. The Morgan fingerprint density at radius 3 is 2.19 bits per heavy atom. The van der Waals surface area contributed by atoms with Crippen molar-refractivity contribution < 1.29 is 4.79 Å². The molecular weight excluding hydrogens is 222 g/mol. The lowest BCUT2D eigenvalue weighted by Crippen LogP contribution is -2.20. The molecule has 1 aromatic rings. The molecule has 84 valence electrons. The molecule has 0 aliphatic heterocycles. The molecule has 0 aromatic heterocycles. The summed E-state index contributed by atoms with van der Waals surface area (Å²) in [7, 11) is 0. The van der Waals surface area contributed by atoms with E-state index in [2.05, 4.69) is 0 Å². The number of benzene rings is 1. The molecule has 16 heavy (non-hydrogen) atoms. The Morgan fingerprint density at radius 2 is 1.81 bits per heavy atom. The maximum absolute atomic E-state index is 11.9. The van der Waals surface area contributed by atoms with Crippen molar-refractivity contribution in [1.82, 2.24) is 0 Å². The Kier molecular flexibility index (Phi) is 3.72. The lowest BCUT2D eigenvalue weighted by atomic mass is 9.86. The maximum atomic E-state index is 11.9. The Labute approximate surface area is 101 Å². The minimum Gasteiger partial charge on any atom is -0.294 e. The zero-order chi connectivity index (χ0) is 12.3. The third kappa shape index (κ3) is 2.84. The summed E-state index contributed by atoms with van der Waals surface area (Å²) < 4.78 is 0. The number of ketones is 1. The van der Waals surface area contributed by atoms with Crippen LogP contribution < -0.4 is 0 Å². The molecule has 0 amide bonds. The number of alkyl halides is 1. The molecular formula is C13H14ClNO. The van der Waals surface area contributed by atoms with Gasteiger partial charge in [-0.15, -0.1) is 11.6 Å². The Balaban J connectivity index is 2.97. The molecule has 0 bridgehead atoms. The smallest absolute Gasteiger partial charge is 0.168 e. The van der Waals surface area contributed by atoms with Crippen LogP contribution in [-0.2, 0) is 0 Å². The molecule has 0 heterocycles. The van der Waals surface area contributed by atoms with E-state index >= 15 is 0 Å². The predicted octanol–water partition coefficient (Wildman–Crippen LogP) is 3.72. The van der Waals surface area contributed by atoms with Crippen molar-refractivity contribution in [3.63, 3.8) is 0 Å². The number of carbonyl (C=O) groups is 1. The second-order valence-electron chi connectivity index (χ2n) is 4.69. The van der Waals surface area contributed by atoms with E-state index in [4.69, 9.17) is 16.9 Å². The number of nitriles is 1. The van der Waals surface area contributed by atoms with Gasteiger partial charge in [0.05, 0.1) is 6.07 Å². The summed E-state index contributed by atoms with van der Waals surface area (Å²) >= 11 is 5.77. The number of carbonyl (C=O) groups excluding carboxylic acids is 1. The zero-order valence-electron chi connectivity index (χ0n) is 9.62. The van der Waals surface area contributed by atoms with Crippen LogP contribution in [0, 0.1) is 16.7 Å². The van der Waals surface area contributed by atoms with Gasteiger partial charge < -0.3 is 0 Å². The van der Waals surface area contributed by atoms with Crippen LogP contribution in [0.1, 0.15) is 42.1 Å². The van der Waals surface area contributed by atoms with Crippen LogP contribution in [0.5, 0.6) is 0 Å².